The second-order valence-corrected chi connectivity index (χ2v) is 10.6. The van der Waals surface area contributed by atoms with Gasteiger partial charge < -0.3 is 9.47 Å². The van der Waals surface area contributed by atoms with Crippen molar-refractivity contribution in [2.45, 2.75) is 65.9 Å². The fourth-order valence-corrected chi connectivity index (χ4v) is 6.14. The minimum Gasteiger partial charge on any atom is -0.490 e. The van der Waals surface area contributed by atoms with E-state index >= 15 is 0 Å². The van der Waals surface area contributed by atoms with Crippen LogP contribution in [0.5, 0.6) is 11.5 Å². The number of carbonyl (C=O) groups excluding carboxylic acids is 1. The molecule has 0 saturated heterocycles. The number of ketones is 1. The average Bonchev–Trinajstić information content (AvgIpc) is 3.14. The predicted molar refractivity (Wildman–Crippen MR) is 144 cm³/mol. The van der Waals surface area contributed by atoms with E-state index in [1.165, 1.54) is 0 Å². The third-order valence-corrected chi connectivity index (χ3v) is 7.64. The molecule has 3 unspecified atom stereocenters. The standard InChI is InChI=1S/C27H33BrN4O5/c1-6-8-17-10-21-25(22(33)11-17)24(26(32(34)35)16(4)29-21)18-12-20(28)27(23(13-18)36-7-2)37-14-19-9-15(3)30-31(19)5/h9,12-13,17,24-25H,6-8,10-11,14H2,1-5H3. The van der Waals surface area contributed by atoms with Crippen molar-refractivity contribution in [1.29, 1.82) is 0 Å². The van der Waals surface area contributed by atoms with Crippen LogP contribution in [-0.2, 0) is 18.4 Å². The zero-order valence-electron chi connectivity index (χ0n) is 21.9. The number of hydrogen-bond acceptors (Lipinski definition) is 7. The highest BCUT2D eigenvalue weighted by molar-refractivity contribution is 9.10. The van der Waals surface area contributed by atoms with Gasteiger partial charge in [0.2, 0.25) is 0 Å². The van der Waals surface area contributed by atoms with E-state index in [0.29, 0.717) is 46.7 Å². The highest BCUT2D eigenvalue weighted by Crippen LogP contribution is 2.48. The number of ether oxygens (including phenoxy) is 2. The molecule has 1 aliphatic carbocycles. The predicted octanol–water partition coefficient (Wildman–Crippen LogP) is 5.91. The lowest BCUT2D eigenvalue weighted by molar-refractivity contribution is -0.432. The molecular weight excluding hydrogens is 540 g/mol. The summed E-state index contributed by atoms with van der Waals surface area (Å²) in [6.07, 6.45) is 3.03. The summed E-state index contributed by atoms with van der Waals surface area (Å²) in [5.74, 6) is -0.195. The molecule has 0 bridgehead atoms. The van der Waals surface area contributed by atoms with Crippen LogP contribution in [0.3, 0.4) is 0 Å². The first kappa shape index (κ1) is 27.0. The molecule has 0 N–H and O–H groups in total. The topological polar surface area (TPSA) is 109 Å². The Morgan fingerprint density at radius 2 is 1.92 bits per heavy atom. The fraction of sp³-hybridized carbons (Fsp3) is 0.519. The summed E-state index contributed by atoms with van der Waals surface area (Å²) >= 11 is 3.61. The van der Waals surface area contributed by atoms with Crippen LogP contribution in [0.25, 0.3) is 0 Å². The molecular formula is C27H33BrN4O5. The number of allylic oxidation sites excluding steroid dienone is 2. The number of Topliss-reactive ketones (excluding diaryl/α,β-unsaturated/α-hetero) is 1. The lowest BCUT2D eigenvalue weighted by atomic mass is 9.68. The van der Waals surface area contributed by atoms with Gasteiger partial charge in [-0.1, -0.05) is 13.3 Å². The molecule has 198 valence electrons. The van der Waals surface area contributed by atoms with E-state index in [1.54, 1.807) is 17.7 Å². The van der Waals surface area contributed by atoms with Gasteiger partial charge in [-0.2, -0.15) is 5.10 Å². The first-order valence-electron chi connectivity index (χ1n) is 12.7. The monoisotopic (exact) mass is 572 g/mol. The minimum atomic E-state index is -0.748. The van der Waals surface area contributed by atoms with Crippen LogP contribution < -0.4 is 9.47 Å². The summed E-state index contributed by atoms with van der Waals surface area (Å²) in [5.41, 5.74) is 3.49. The zero-order valence-corrected chi connectivity index (χ0v) is 23.5. The van der Waals surface area contributed by atoms with Gasteiger partial charge in [0.1, 0.15) is 18.1 Å². The van der Waals surface area contributed by atoms with Gasteiger partial charge in [-0.25, -0.2) is 0 Å². The van der Waals surface area contributed by atoms with Crippen molar-refractivity contribution in [2.75, 3.05) is 6.61 Å². The summed E-state index contributed by atoms with van der Waals surface area (Å²) in [5, 5.41) is 16.6. The number of aryl methyl sites for hydroxylation is 2. The third-order valence-electron chi connectivity index (χ3n) is 7.05. The Morgan fingerprint density at radius 3 is 2.54 bits per heavy atom. The molecule has 10 heteroatoms. The molecule has 2 aromatic rings. The van der Waals surface area contributed by atoms with Crippen LogP contribution in [0.2, 0.25) is 0 Å². The number of aromatic nitrogens is 2. The number of rotatable bonds is 9. The van der Waals surface area contributed by atoms with Gasteiger partial charge in [0.05, 0.1) is 39.2 Å². The molecule has 0 amide bonds. The molecule has 2 aliphatic rings. The van der Waals surface area contributed by atoms with Gasteiger partial charge >= 0.3 is 0 Å². The molecule has 1 aromatic carbocycles. The van der Waals surface area contributed by atoms with Crippen LogP contribution in [0, 0.1) is 28.9 Å². The lowest BCUT2D eigenvalue weighted by Gasteiger charge is -2.36. The molecule has 1 fully saturated rings. The highest BCUT2D eigenvalue weighted by atomic mass is 79.9. The number of nitrogens with zero attached hydrogens (tertiary/aromatic N) is 4. The van der Waals surface area contributed by atoms with E-state index < -0.39 is 16.8 Å². The van der Waals surface area contributed by atoms with Crippen LogP contribution in [0.4, 0.5) is 0 Å². The van der Waals surface area contributed by atoms with E-state index in [2.05, 4.69) is 32.9 Å². The first-order chi connectivity index (χ1) is 17.6. The number of carbonyl (C=O) groups is 1. The maximum Gasteiger partial charge on any atom is 0.275 e. The van der Waals surface area contributed by atoms with E-state index in [9.17, 15) is 14.9 Å². The number of benzene rings is 1. The summed E-state index contributed by atoms with van der Waals surface area (Å²) in [6, 6.07) is 5.53. The van der Waals surface area contributed by atoms with Crippen molar-refractivity contribution in [3.63, 3.8) is 0 Å². The van der Waals surface area contributed by atoms with E-state index in [0.717, 1.165) is 29.9 Å². The molecule has 1 aliphatic heterocycles. The molecule has 1 saturated carbocycles. The Labute approximate surface area is 225 Å². The Bertz CT molecular complexity index is 1280. The van der Waals surface area contributed by atoms with Gasteiger partial charge in [-0.05, 0) is 79.2 Å². The second-order valence-electron chi connectivity index (χ2n) is 9.77. The highest BCUT2D eigenvalue weighted by Gasteiger charge is 2.48. The number of fused-ring (bicyclic) bond motifs is 1. The molecule has 0 spiro atoms. The normalized spacial score (nSPS) is 21.5. The van der Waals surface area contributed by atoms with Gasteiger partial charge in [0.15, 0.2) is 11.5 Å². The Hall–Kier alpha value is -3.01. The molecule has 3 atom stereocenters. The van der Waals surface area contributed by atoms with Crippen molar-refractivity contribution < 1.29 is 19.2 Å². The van der Waals surface area contributed by atoms with Gasteiger partial charge in [0, 0.05) is 19.2 Å². The second kappa shape index (κ2) is 11.2. The fourth-order valence-electron chi connectivity index (χ4n) is 5.57. The smallest absolute Gasteiger partial charge is 0.275 e. The van der Waals surface area contributed by atoms with Crippen LogP contribution >= 0.6 is 15.9 Å². The number of nitro groups is 1. The maximum absolute atomic E-state index is 13.4. The van der Waals surface area contributed by atoms with E-state index in [4.69, 9.17) is 9.47 Å². The molecule has 9 nitrogen and oxygen atoms in total. The summed E-state index contributed by atoms with van der Waals surface area (Å²) in [6.45, 7) is 8.20. The number of aliphatic imine (C=N–C) groups is 1. The summed E-state index contributed by atoms with van der Waals surface area (Å²) < 4.78 is 14.4. The zero-order chi connectivity index (χ0) is 26.9. The Balaban J connectivity index is 1.75. The van der Waals surface area contributed by atoms with Gasteiger partial charge in [0.25, 0.3) is 5.70 Å². The molecule has 4 rings (SSSR count). The number of halogens is 1. The third kappa shape index (κ3) is 5.49. The van der Waals surface area contributed by atoms with Crippen molar-refractivity contribution >= 4 is 27.4 Å². The van der Waals surface area contributed by atoms with Gasteiger partial charge in [-0.15, -0.1) is 0 Å². The largest absolute Gasteiger partial charge is 0.490 e. The van der Waals surface area contributed by atoms with Crippen LogP contribution in [-0.4, -0.2) is 32.8 Å². The van der Waals surface area contributed by atoms with E-state index in [1.807, 2.05) is 33.0 Å². The quantitative estimate of drug-likeness (QED) is 0.273. The Morgan fingerprint density at radius 1 is 1.16 bits per heavy atom. The van der Waals surface area contributed by atoms with Crippen LogP contribution in [0.1, 0.15) is 69.3 Å². The van der Waals surface area contributed by atoms with Crippen molar-refractivity contribution in [1.82, 2.24) is 9.78 Å². The first-order valence-corrected chi connectivity index (χ1v) is 13.5. The van der Waals surface area contributed by atoms with Crippen molar-refractivity contribution in [3.8, 4) is 11.5 Å². The average molecular weight is 573 g/mol. The maximum atomic E-state index is 13.4. The summed E-state index contributed by atoms with van der Waals surface area (Å²) in [7, 11) is 1.86. The molecule has 0 radical (unpaired) electrons. The SMILES string of the molecule is CCCC1CC(=O)C2C(=NC(C)=C([N+](=O)[O-])C2c2cc(Br)c(OCc3cc(C)nn3C)c(OCC)c2)C1. The van der Waals surface area contributed by atoms with Crippen molar-refractivity contribution in [3.05, 3.63) is 61.1 Å². The molecule has 37 heavy (non-hydrogen) atoms. The van der Waals surface area contributed by atoms with Crippen LogP contribution in [0.15, 0.2) is 39.1 Å². The summed E-state index contributed by atoms with van der Waals surface area (Å²) in [4.78, 5) is 29.9. The number of hydrogen-bond donors (Lipinski definition) is 0. The minimum absolute atomic E-state index is 0.0151. The van der Waals surface area contributed by atoms with E-state index in [-0.39, 0.29) is 24.0 Å². The molecule has 2 heterocycles. The Kier molecular flexibility index (Phi) is 8.16. The lowest BCUT2D eigenvalue weighted by Crippen LogP contribution is -2.41. The van der Waals surface area contributed by atoms with Gasteiger partial charge in [-0.3, -0.25) is 24.6 Å². The van der Waals surface area contributed by atoms with Crippen molar-refractivity contribution in [2.24, 2.45) is 23.9 Å². The molecule has 1 aromatic heterocycles.